The molecule has 170 valence electrons. The van der Waals surface area contributed by atoms with Crippen LogP contribution in [-0.2, 0) is 16.1 Å². The molecule has 3 heterocycles. The van der Waals surface area contributed by atoms with Gasteiger partial charge in [-0.2, -0.15) is 0 Å². The fourth-order valence-corrected chi connectivity index (χ4v) is 5.14. The predicted octanol–water partition coefficient (Wildman–Crippen LogP) is 3.84. The van der Waals surface area contributed by atoms with Crippen molar-refractivity contribution in [1.29, 1.82) is 0 Å². The van der Waals surface area contributed by atoms with Crippen molar-refractivity contribution < 1.29 is 9.53 Å². The Labute approximate surface area is 202 Å². The van der Waals surface area contributed by atoms with Crippen LogP contribution in [0.2, 0.25) is 0 Å². The highest BCUT2D eigenvalue weighted by atomic mass is 32.2. The lowest BCUT2D eigenvalue weighted by Gasteiger charge is -2.43. The van der Waals surface area contributed by atoms with E-state index in [1.54, 1.807) is 34.8 Å². The van der Waals surface area contributed by atoms with E-state index in [1.807, 2.05) is 25.2 Å². The van der Waals surface area contributed by atoms with Crippen molar-refractivity contribution in [2.45, 2.75) is 22.4 Å². The lowest BCUT2D eigenvalue weighted by atomic mass is 10.1. The first-order valence-electron chi connectivity index (χ1n) is 10.8. The van der Waals surface area contributed by atoms with Gasteiger partial charge in [-0.25, -0.2) is 9.97 Å². The lowest BCUT2D eigenvalue weighted by molar-refractivity contribution is -0.122. The number of benzene rings is 2. The first-order chi connectivity index (χ1) is 16.2. The Morgan fingerprint density at radius 2 is 2.03 bits per heavy atom. The Bertz CT molecular complexity index is 1160. The van der Waals surface area contributed by atoms with E-state index in [9.17, 15) is 4.79 Å². The summed E-state index contributed by atoms with van der Waals surface area (Å²) in [6.45, 7) is 2.05. The SMILES string of the molecule is CNSc1cccc(-c2ncc3c(n2)N2CCOCC2C(=O)N3Cc2ccc(SC)cc2)c1. The number of carbonyl (C=O) groups is 1. The number of hydrogen-bond acceptors (Lipinski definition) is 8. The van der Waals surface area contributed by atoms with Gasteiger partial charge in [0.15, 0.2) is 11.6 Å². The summed E-state index contributed by atoms with van der Waals surface area (Å²) in [6.07, 6.45) is 3.84. The van der Waals surface area contributed by atoms with Crippen molar-refractivity contribution >= 4 is 41.1 Å². The molecule has 5 rings (SSSR count). The van der Waals surface area contributed by atoms with Crippen molar-refractivity contribution in [2.75, 3.05) is 42.9 Å². The molecule has 33 heavy (non-hydrogen) atoms. The highest BCUT2D eigenvalue weighted by Crippen LogP contribution is 2.37. The van der Waals surface area contributed by atoms with E-state index in [1.165, 1.54) is 4.90 Å². The zero-order chi connectivity index (χ0) is 22.8. The number of carbonyl (C=O) groups excluding carboxylic acids is 1. The summed E-state index contributed by atoms with van der Waals surface area (Å²) in [4.78, 5) is 29.2. The molecule has 9 heteroatoms. The second-order valence-corrected chi connectivity index (χ2v) is 9.76. The monoisotopic (exact) mass is 479 g/mol. The number of nitrogens with one attached hydrogen (secondary N) is 1. The van der Waals surface area contributed by atoms with E-state index in [0.29, 0.717) is 32.1 Å². The summed E-state index contributed by atoms with van der Waals surface area (Å²) in [7, 11) is 1.89. The number of nitrogens with zero attached hydrogens (tertiary/aromatic N) is 4. The molecule has 3 aromatic rings. The zero-order valence-electron chi connectivity index (χ0n) is 18.5. The average Bonchev–Trinajstić information content (AvgIpc) is 2.87. The molecule has 1 aromatic heterocycles. The molecule has 1 atom stereocenters. The number of fused-ring (bicyclic) bond motifs is 3. The maximum absolute atomic E-state index is 13.5. The highest BCUT2D eigenvalue weighted by molar-refractivity contribution is 7.98. The van der Waals surface area contributed by atoms with Crippen LogP contribution in [0.4, 0.5) is 11.5 Å². The number of anilines is 2. The molecular weight excluding hydrogens is 454 g/mol. The van der Waals surface area contributed by atoms with Crippen LogP contribution in [0.15, 0.2) is 64.5 Å². The smallest absolute Gasteiger partial charge is 0.252 e. The molecule has 0 bridgehead atoms. The molecule has 2 aliphatic heterocycles. The van der Waals surface area contributed by atoms with E-state index >= 15 is 0 Å². The van der Waals surface area contributed by atoms with Crippen molar-refractivity contribution in [3.63, 3.8) is 0 Å². The number of ether oxygens (including phenoxy) is 1. The van der Waals surface area contributed by atoms with E-state index < -0.39 is 0 Å². The van der Waals surface area contributed by atoms with Gasteiger partial charge in [0.1, 0.15) is 11.7 Å². The van der Waals surface area contributed by atoms with E-state index in [-0.39, 0.29) is 11.9 Å². The molecule has 2 aromatic carbocycles. The fraction of sp³-hybridized carbons (Fsp3) is 0.292. The van der Waals surface area contributed by atoms with Crippen molar-refractivity contribution in [1.82, 2.24) is 14.7 Å². The Kier molecular flexibility index (Phi) is 6.55. The van der Waals surface area contributed by atoms with Gasteiger partial charge in [-0.3, -0.25) is 9.52 Å². The van der Waals surface area contributed by atoms with Gasteiger partial charge < -0.3 is 14.5 Å². The lowest BCUT2D eigenvalue weighted by Crippen LogP contribution is -2.58. The molecule has 0 spiro atoms. The second-order valence-electron chi connectivity index (χ2n) is 7.79. The van der Waals surface area contributed by atoms with Gasteiger partial charge in [-0.15, -0.1) is 11.8 Å². The van der Waals surface area contributed by atoms with Gasteiger partial charge in [-0.05, 0) is 55.1 Å². The molecule has 1 amide bonds. The number of rotatable bonds is 6. The molecule has 1 unspecified atom stereocenters. The normalized spacial score (nSPS) is 17.6. The van der Waals surface area contributed by atoms with Crippen LogP contribution < -0.4 is 14.5 Å². The molecule has 7 nitrogen and oxygen atoms in total. The number of morpholine rings is 1. The summed E-state index contributed by atoms with van der Waals surface area (Å²) >= 11 is 3.25. The van der Waals surface area contributed by atoms with Crippen LogP contribution in [0, 0.1) is 0 Å². The largest absolute Gasteiger partial charge is 0.377 e. The minimum absolute atomic E-state index is 0.0277. The molecule has 0 saturated carbocycles. The third kappa shape index (κ3) is 4.46. The first-order valence-corrected chi connectivity index (χ1v) is 12.8. The number of aromatic nitrogens is 2. The number of amides is 1. The summed E-state index contributed by atoms with van der Waals surface area (Å²) < 4.78 is 8.76. The quantitative estimate of drug-likeness (QED) is 0.422. The third-order valence-electron chi connectivity index (χ3n) is 5.80. The van der Waals surface area contributed by atoms with Crippen LogP contribution in [0.5, 0.6) is 0 Å². The fourth-order valence-electron chi connectivity index (χ4n) is 4.16. The minimum Gasteiger partial charge on any atom is -0.377 e. The summed E-state index contributed by atoms with van der Waals surface area (Å²) in [6, 6.07) is 16.1. The molecule has 1 fully saturated rings. The van der Waals surface area contributed by atoms with Gasteiger partial charge in [-0.1, -0.05) is 24.3 Å². The Morgan fingerprint density at radius 3 is 2.82 bits per heavy atom. The Balaban J connectivity index is 1.53. The summed E-state index contributed by atoms with van der Waals surface area (Å²) in [5.74, 6) is 1.47. The topological polar surface area (TPSA) is 70.6 Å². The van der Waals surface area contributed by atoms with Crippen molar-refractivity contribution in [3.8, 4) is 11.4 Å². The van der Waals surface area contributed by atoms with Crippen LogP contribution >= 0.6 is 23.7 Å². The zero-order valence-corrected chi connectivity index (χ0v) is 20.2. The van der Waals surface area contributed by atoms with Crippen LogP contribution in [0.25, 0.3) is 11.4 Å². The molecule has 0 aliphatic carbocycles. The molecule has 0 radical (unpaired) electrons. The van der Waals surface area contributed by atoms with Crippen molar-refractivity contribution in [3.05, 3.63) is 60.3 Å². The standard InChI is InChI=1S/C24H25N5O2S2/c1-25-33-19-5-3-4-17(12-19)22-26-13-20-23(27-22)28-10-11-31-15-21(28)24(30)29(20)14-16-6-8-18(32-2)9-7-16/h3-9,12-13,21,25H,10-11,14-15H2,1-2H3. The third-order valence-corrected chi connectivity index (χ3v) is 7.24. The second kappa shape index (κ2) is 9.72. The predicted molar refractivity (Wildman–Crippen MR) is 134 cm³/mol. The summed E-state index contributed by atoms with van der Waals surface area (Å²) in [5.41, 5.74) is 2.76. The number of thioether (sulfide) groups is 1. The maximum Gasteiger partial charge on any atom is 0.252 e. The Hall–Kier alpha value is -2.59. The highest BCUT2D eigenvalue weighted by Gasteiger charge is 2.41. The van der Waals surface area contributed by atoms with Gasteiger partial charge in [0, 0.05) is 21.9 Å². The first kappa shape index (κ1) is 22.2. The molecular formula is C24H25N5O2S2. The van der Waals surface area contributed by atoms with Crippen LogP contribution in [0.3, 0.4) is 0 Å². The molecule has 2 aliphatic rings. The average molecular weight is 480 g/mol. The minimum atomic E-state index is -0.370. The van der Waals surface area contributed by atoms with Gasteiger partial charge in [0.05, 0.1) is 26.0 Å². The van der Waals surface area contributed by atoms with Crippen LogP contribution in [0.1, 0.15) is 5.56 Å². The van der Waals surface area contributed by atoms with Crippen molar-refractivity contribution in [2.24, 2.45) is 0 Å². The molecule has 1 N–H and O–H groups in total. The number of hydrogen-bond donors (Lipinski definition) is 1. The summed E-state index contributed by atoms with van der Waals surface area (Å²) in [5, 5.41) is 0. The van der Waals surface area contributed by atoms with E-state index in [0.717, 1.165) is 27.5 Å². The molecule has 1 saturated heterocycles. The van der Waals surface area contributed by atoms with E-state index in [4.69, 9.17) is 9.72 Å². The Morgan fingerprint density at radius 1 is 1.18 bits per heavy atom. The van der Waals surface area contributed by atoms with Crippen LogP contribution in [-0.4, -0.2) is 55.0 Å². The van der Waals surface area contributed by atoms with E-state index in [2.05, 4.69) is 51.2 Å². The maximum atomic E-state index is 13.5. The van der Waals surface area contributed by atoms with Gasteiger partial charge >= 0.3 is 0 Å². The van der Waals surface area contributed by atoms with Gasteiger partial charge in [0.2, 0.25) is 0 Å². The van der Waals surface area contributed by atoms with Gasteiger partial charge in [0.25, 0.3) is 5.91 Å².